The van der Waals surface area contributed by atoms with E-state index >= 15 is 0 Å². The first-order chi connectivity index (χ1) is 6.53. The lowest BCUT2D eigenvalue weighted by Gasteiger charge is -2.20. The molecule has 1 rings (SSSR count). The lowest BCUT2D eigenvalue weighted by Crippen LogP contribution is -2.20. The monoisotopic (exact) mass is 191 g/mol. The molecule has 3 heteroatoms. The molecular formula is C11H17N3. The Morgan fingerprint density at radius 2 is 2.29 bits per heavy atom. The molecule has 14 heavy (non-hydrogen) atoms. The predicted molar refractivity (Wildman–Crippen MR) is 61.1 cm³/mol. The Kier molecular flexibility index (Phi) is 3.12. The molecule has 0 fully saturated rings. The number of nitrogen functional groups attached to an aromatic ring is 1. The molecule has 0 spiro atoms. The number of nitrogens with one attached hydrogen (secondary N) is 1. The second kappa shape index (κ2) is 4.13. The van der Waals surface area contributed by atoms with Gasteiger partial charge in [-0.1, -0.05) is 19.9 Å². The van der Waals surface area contributed by atoms with Crippen molar-refractivity contribution in [1.82, 2.24) is 4.98 Å². The minimum Gasteiger partial charge on any atom is -0.384 e. The molecule has 0 aliphatic carbocycles. The van der Waals surface area contributed by atoms with E-state index in [4.69, 9.17) is 5.73 Å². The van der Waals surface area contributed by atoms with E-state index in [2.05, 4.69) is 30.7 Å². The molecule has 3 N–H and O–H groups in total. The van der Waals surface area contributed by atoms with Crippen LogP contribution in [-0.2, 0) is 0 Å². The largest absolute Gasteiger partial charge is 0.384 e. The second-order valence-corrected chi connectivity index (χ2v) is 4.02. The summed E-state index contributed by atoms with van der Waals surface area (Å²) < 4.78 is 0. The summed E-state index contributed by atoms with van der Waals surface area (Å²) >= 11 is 0. The predicted octanol–water partition coefficient (Wildman–Crippen LogP) is 2.29. The van der Waals surface area contributed by atoms with Gasteiger partial charge in [0.05, 0.1) is 11.9 Å². The number of hydrogen-bond donors (Lipinski definition) is 2. The van der Waals surface area contributed by atoms with Crippen molar-refractivity contribution in [1.29, 1.82) is 0 Å². The van der Waals surface area contributed by atoms with Crippen molar-refractivity contribution in [2.45, 2.75) is 13.8 Å². The molecule has 0 aliphatic heterocycles. The van der Waals surface area contributed by atoms with Gasteiger partial charge in [-0.05, 0) is 17.5 Å². The van der Waals surface area contributed by atoms with Crippen LogP contribution in [0.15, 0.2) is 31.0 Å². The lowest BCUT2D eigenvalue weighted by molar-refractivity contribution is 0.514. The number of anilines is 2. The zero-order valence-electron chi connectivity index (χ0n) is 8.75. The van der Waals surface area contributed by atoms with Crippen LogP contribution in [0.5, 0.6) is 0 Å². The summed E-state index contributed by atoms with van der Waals surface area (Å²) in [7, 11) is 0. The maximum absolute atomic E-state index is 5.48. The van der Waals surface area contributed by atoms with E-state index < -0.39 is 0 Å². The summed E-state index contributed by atoms with van der Waals surface area (Å²) in [4.78, 5) is 4.00. The van der Waals surface area contributed by atoms with Crippen LogP contribution in [-0.4, -0.2) is 11.5 Å². The van der Waals surface area contributed by atoms with Gasteiger partial charge in [-0.2, -0.15) is 0 Å². The van der Waals surface area contributed by atoms with Crippen molar-refractivity contribution in [3.63, 3.8) is 0 Å². The number of hydrogen-bond acceptors (Lipinski definition) is 3. The van der Waals surface area contributed by atoms with Gasteiger partial charge in [-0.25, -0.2) is 4.98 Å². The van der Waals surface area contributed by atoms with Gasteiger partial charge in [0.25, 0.3) is 0 Å². The van der Waals surface area contributed by atoms with Crippen molar-refractivity contribution in [3.8, 4) is 0 Å². The highest BCUT2D eigenvalue weighted by atomic mass is 14.9. The highest BCUT2D eigenvalue weighted by Crippen LogP contribution is 2.17. The first kappa shape index (κ1) is 10.6. The molecule has 0 bridgehead atoms. The van der Waals surface area contributed by atoms with Crippen LogP contribution in [0, 0.1) is 5.41 Å². The maximum atomic E-state index is 5.48. The summed E-state index contributed by atoms with van der Waals surface area (Å²) in [5, 5.41) is 3.27. The minimum absolute atomic E-state index is 0.0847. The fourth-order valence-corrected chi connectivity index (χ4v) is 0.912. The van der Waals surface area contributed by atoms with E-state index in [0.29, 0.717) is 5.82 Å². The Labute approximate surface area is 85.0 Å². The van der Waals surface area contributed by atoms with Gasteiger partial charge < -0.3 is 11.1 Å². The van der Waals surface area contributed by atoms with Crippen LogP contribution >= 0.6 is 0 Å². The molecule has 76 valence electrons. The Morgan fingerprint density at radius 3 is 2.79 bits per heavy atom. The minimum atomic E-state index is 0.0847. The van der Waals surface area contributed by atoms with E-state index in [0.717, 1.165) is 12.2 Å². The number of nitrogens with zero attached hydrogens (tertiary/aromatic N) is 1. The summed E-state index contributed by atoms with van der Waals surface area (Å²) in [5.41, 5.74) is 6.55. The highest BCUT2D eigenvalue weighted by Gasteiger charge is 2.11. The van der Waals surface area contributed by atoms with Crippen LogP contribution in [0.25, 0.3) is 0 Å². The number of aromatic nitrogens is 1. The second-order valence-electron chi connectivity index (χ2n) is 4.02. The van der Waals surface area contributed by atoms with Crippen molar-refractivity contribution >= 4 is 11.5 Å². The van der Waals surface area contributed by atoms with E-state index in [-0.39, 0.29) is 5.41 Å². The van der Waals surface area contributed by atoms with Crippen LogP contribution in [0.1, 0.15) is 13.8 Å². The van der Waals surface area contributed by atoms with Gasteiger partial charge in [0.15, 0.2) is 0 Å². The Balaban J connectivity index is 2.54. The Morgan fingerprint density at radius 1 is 1.57 bits per heavy atom. The summed E-state index contributed by atoms with van der Waals surface area (Å²) in [6, 6.07) is 3.70. The molecule has 0 atom stereocenters. The van der Waals surface area contributed by atoms with Gasteiger partial charge >= 0.3 is 0 Å². The highest BCUT2D eigenvalue weighted by molar-refractivity contribution is 5.45. The van der Waals surface area contributed by atoms with Gasteiger partial charge in [0, 0.05) is 6.54 Å². The van der Waals surface area contributed by atoms with Gasteiger partial charge in [0.1, 0.15) is 5.82 Å². The Bertz CT molecular complexity index is 301. The molecular weight excluding hydrogens is 174 g/mol. The molecule has 0 saturated heterocycles. The molecule has 1 aromatic heterocycles. The normalized spacial score (nSPS) is 11.0. The molecule has 0 saturated carbocycles. The maximum Gasteiger partial charge on any atom is 0.123 e. The van der Waals surface area contributed by atoms with Gasteiger partial charge in [0.2, 0.25) is 0 Å². The van der Waals surface area contributed by atoms with E-state index in [1.807, 2.05) is 12.1 Å². The summed E-state index contributed by atoms with van der Waals surface area (Å²) in [5.74, 6) is 0.540. The third kappa shape index (κ3) is 3.09. The smallest absolute Gasteiger partial charge is 0.123 e. The number of nitrogens with two attached hydrogens (primary N) is 1. The van der Waals surface area contributed by atoms with Crippen molar-refractivity contribution in [3.05, 3.63) is 31.0 Å². The fraction of sp³-hybridized carbons (Fsp3) is 0.364. The van der Waals surface area contributed by atoms with Crippen LogP contribution in [0.2, 0.25) is 0 Å². The molecule has 0 aliphatic rings. The van der Waals surface area contributed by atoms with E-state index in [9.17, 15) is 0 Å². The summed E-state index contributed by atoms with van der Waals surface area (Å²) in [6.45, 7) is 8.86. The lowest BCUT2D eigenvalue weighted by atomic mass is 9.94. The van der Waals surface area contributed by atoms with Crippen LogP contribution in [0.3, 0.4) is 0 Å². The fourth-order valence-electron chi connectivity index (χ4n) is 0.912. The molecule has 3 nitrogen and oxygen atoms in total. The van der Waals surface area contributed by atoms with Gasteiger partial charge in [-0.3, -0.25) is 0 Å². The van der Waals surface area contributed by atoms with Crippen molar-refractivity contribution in [2.24, 2.45) is 5.41 Å². The molecule has 1 heterocycles. The quantitative estimate of drug-likeness (QED) is 0.718. The first-order valence-electron chi connectivity index (χ1n) is 4.62. The van der Waals surface area contributed by atoms with E-state index in [1.165, 1.54) is 0 Å². The van der Waals surface area contributed by atoms with Crippen molar-refractivity contribution < 1.29 is 0 Å². The van der Waals surface area contributed by atoms with Crippen LogP contribution < -0.4 is 11.1 Å². The summed E-state index contributed by atoms with van der Waals surface area (Å²) in [6.07, 6.45) is 3.67. The zero-order chi connectivity index (χ0) is 10.6. The molecule has 0 amide bonds. The molecule has 0 radical (unpaired) electrons. The SMILES string of the molecule is C=CC(C)(C)CNc1ccc(N)nc1. The number of pyridine rings is 1. The third-order valence-electron chi connectivity index (χ3n) is 2.09. The molecule has 0 aromatic carbocycles. The molecule has 0 unspecified atom stereocenters. The number of rotatable bonds is 4. The van der Waals surface area contributed by atoms with E-state index in [1.54, 1.807) is 12.3 Å². The zero-order valence-corrected chi connectivity index (χ0v) is 8.75. The molecule has 1 aromatic rings. The average Bonchev–Trinajstić information content (AvgIpc) is 2.17. The van der Waals surface area contributed by atoms with Crippen LogP contribution in [0.4, 0.5) is 11.5 Å². The third-order valence-corrected chi connectivity index (χ3v) is 2.09. The standard InChI is InChI=1S/C11H17N3/c1-4-11(2,3)8-14-9-5-6-10(12)13-7-9/h4-7,14H,1,8H2,2-3H3,(H2,12,13). The Hall–Kier alpha value is -1.51. The topological polar surface area (TPSA) is 50.9 Å². The van der Waals surface area contributed by atoms with Gasteiger partial charge in [-0.15, -0.1) is 6.58 Å². The average molecular weight is 191 g/mol. The first-order valence-corrected chi connectivity index (χ1v) is 4.62. The van der Waals surface area contributed by atoms with Crippen molar-refractivity contribution in [2.75, 3.05) is 17.6 Å².